The van der Waals surface area contributed by atoms with Crippen LogP contribution in [0.4, 0.5) is 5.69 Å². The number of ether oxygens (including phenoxy) is 3. The second-order valence-electron chi connectivity index (χ2n) is 8.62. The maximum absolute atomic E-state index is 13.7. The SMILES string of the molecule is CCOc1ccc(N2C(=O)[C@H](N3C(=O)c4c(Cl)c(Cl)c(Cl)c(Cl)c4C3=O)[C@H]2c2ccc3c(c2)OCO3)cc1. The van der Waals surface area contributed by atoms with Gasteiger partial charge in [0.15, 0.2) is 11.5 Å². The molecule has 2 atom stereocenters. The number of carbonyl (C=O) groups excluding carboxylic acids is 3. The van der Waals surface area contributed by atoms with Gasteiger partial charge in [-0.05, 0) is 48.9 Å². The van der Waals surface area contributed by atoms with Crippen LogP contribution in [0.1, 0.15) is 39.2 Å². The van der Waals surface area contributed by atoms with Crippen LogP contribution in [0.25, 0.3) is 0 Å². The van der Waals surface area contributed by atoms with Gasteiger partial charge >= 0.3 is 0 Å². The third-order valence-corrected chi connectivity index (χ3v) is 8.44. The van der Waals surface area contributed by atoms with Crippen LogP contribution in [0.2, 0.25) is 20.1 Å². The Hall–Kier alpha value is -3.17. The predicted octanol–water partition coefficient (Wildman–Crippen LogP) is 6.18. The molecule has 3 aromatic rings. The summed E-state index contributed by atoms with van der Waals surface area (Å²) < 4.78 is 16.5. The third-order valence-electron chi connectivity index (χ3n) is 6.64. The zero-order valence-electron chi connectivity index (χ0n) is 19.5. The van der Waals surface area contributed by atoms with Crippen molar-refractivity contribution in [1.29, 1.82) is 0 Å². The van der Waals surface area contributed by atoms with E-state index in [2.05, 4.69) is 0 Å². The summed E-state index contributed by atoms with van der Waals surface area (Å²) in [7, 11) is 0. The maximum Gasteiger partial charge on any atom is 0.264 e. The van der Waals surface area contributed by atoms with Crippen molar-refractivity contribution in [3.63, 3.8) is 0 Å². The number of rotatable bonds is 5. The molecule has 0 radical (unpaired) electrons. The van der Waals surface area contributed by atoms with Gasteiger partial charge in [0, 0.05) is 5.69 Å². The summed E-state index contributed by atoms with van der Waals surface area (Å²) in [6, 6.07) is 10.2. The number of β-lactam (4-membered cyclic amide) rings is 1. The second-order valence-corrected chi connectivity index (χ2v) is 10.1. The largest absolute Gasteiger partial charge is 0.494 e. The Morgan fingerprint density at radius 1 is 0.789 bits per heavy atom. The topological polar surface area (TPSA) is 85.4 Å². The molecule has 0 N–H and O–H groups in total. The number of nitrogens with zero attached hydrogens (tertiary/aromatic N) is 2. The molecule has 1 fully saturated rings. The molecule has 38 heavy (non-hydrogen) atoms. The lowest BCUT2D eigenvalue weighted by atomic mass is 9.86. The van der Waals surface area contributed by atoms with Crippen LogP contribution in [0.3, 0.4) is 0 Å². The van der Waals surface area contributed by atoms with E-state index < -0.39 is 29.8 Å². The lowest BCUT2D eigenvalue weighted by molar-refractivity contribution is -0.130. The zero-order chi connectivity index (χ0) is 26.9. The normalized spacial score (nSPS) is 19.7. The molecular weight excluding hydrogens is 578 g/mol. The molecule has 6 rings (SSSR count). The van der Waals surface area contributed by atoms with E-state index >= 15 is 0 Å². The Kier molecular flexibility index (Phi) is 6.11. The van der Waals surface area contributed by atoms with Crippen molar-refractivity contribution in [2.45, 2.75) is 19.0 Å². The monoisotopic (exact) mass is 592 g/mol. The number of fused-ring (bicyclic) bond motifs is 2. The highest BCUT2D eigenvalue weighted by molar-refractivity contribution is 6.55. The van der Waals surface area contributed by atoms with Crippen LogP contribution in [0.15, 0.2) is 42.5 Å². The van der Waals surface area contributed by atoms with Crippen molar-refractivity contribution in [2.24, 2.45) is 0 Å². The Morgan fingerprint density at radius 3 is 2.00 bits per heavy atom. The average molecular weight is 594 g/mol. The molecule has 12 heteroatoms. The van der Waals surface area contributed by atoms with Crippen LogP contribution in [-0.4, -0.2) is 42.1 Å². The van der Waals surface area contributed by atoms with Crippen LogP contribution >= 0.6 is 46.4 Å². The van der Waals surface area contributed by atoms with Crippen molar-refractivity contribution in [1.82, 2.24) is 4.90 Å². The fraction of sp³-hybridized carbons (Fsp3) is 0.192. The Balaban J connectivity index is 1.45. The number of hydrogen-bond acceptors (Lipinski definition) is 6. The first-order chi connectivity index (χ1) is 18.2. The number of imide groups is 1. The van der Waals surface area contributed by atoms with E-state index in [4.69, 9.17) is 60.6 Å². The fourth-order valence-electron chi connectivity index (χ4n) is 4.93. The van der Waals surface area contributed by atoms with Gasteiger partial charge in [-0.25, -0.2) is 0 Å². The van der Waals surface area contributed by atoms with E-state index in [1.165, 1.54) is 4.90 Å². The predicted molar refractivity (Wildman–Crippen MR) is 141 cm³/mol. The molecule has 194 valence electrons. The van der Waals surface area contributed by atoms with Crippen molar-refractivity contribution < 1.29 is 28.6 Å². The molecule has 3 heterocycles. The maximum atomic E-state index is 13.7. The number of amides is 3. The highest BCUT2D eigenvalue weighted by Gasteiger charge is 2.58. The summed E-state index contributed by atoms with van der Waals surface area (Å²) in [5.74, 6) is -0.377. The first-order valence-corrected chi connectivity index (χ1v) is 12.9. The van der Waals surface area contributed by atoms with Gasteiger partial charge < -0.3 is 19.1 Å². The summed E-state index contributed by atoms with van der Waals surface area (Å²) in [6.07, 6.45) is 0. The van der Waals surface area contributed by atoms with Gasteiger partial charge in [0.1, 0.15) is 11.8 Å². The molecule has 1 saturated heterocycles. The van der Waals surface area contributed by atoms with Gasteiger partial charge in [-0.2, -0.15) is 0 Å². The second kappa shape index (κ2) is 9.24. The molecule has 0 aliphatic carbocycles. The standard InChI is InChI=1S/C26H16Cl4N2O6/c1-2-36-13-6-4-12(5-7-13)31-22(11-3-8-14-15(9-11)38-10-37-14)23(26(31)35)32-24(33)16-17(25(32)34)19(28)21(30)20(29)18(16)27/h3-9,22-23H,2,10H2,1H3/t22-,23-/m1/s1. The van der Waals surface area contributed by atoms with Crippen LogP contribution in [-0.2, 0) is 4.79 Å². The molecular formula is C26H16Cl4N2O6. The van der Waals surface area contributed by atoms with Gasteiger partial charge in [0.2, 0.25) is 6.79 Å². The van der Waals surface area contributed by atoms with Gasteiger partial charge in [-0.1, -0.05) is 52.5 Å². The first kappa shape index (κ1) is 25.1. The molecule has 0 bridgehead atoms. The van der Waals surface area contributed by atoms with E-state index in [-0.39, 0.29) is 38.0 Å². The van der Waals surface area contributed by atoms with Gasteiger partial charge in [-0.3, -0.25) is 19.3 Å². The summed E-state index contributed by atoms with van der Waals surface area (Å²) in [4.78, 5) is 43.2. The Bertz CT molecular complexity index is 1500. The summed E-state index contributed by atoms with van der Waals surface area (Å²) in [5, 5.41) is -0.704. The van der Waals surface area contributed by atoms with Crippen LogP contribution < -0.4 is 19.1 Å². The lowest BCUT2D eigenvalue weighted by Crippen LogP contribution is -2.67. The van der Waals surface area contributed by atoms with Crippen molar-refractivity contribution >= 4 is 69.8 Å². The number of benzene rings is 3. The smallest absolute Gasteiger partial charge is 0.264 e. The molecule has 3 aliphatic rings. The quantitative estimate of drug-likeness (QED) is 0.152. The van der Waals surface area contributed by atoms with E-state index in [0.29, 0.717) is 35.1 Å². The molecule has 3 aromatic carbocycles. The number of carbonyl (C=O) groups is 3. The lowest BCUT2D eigenvalue weighted by Gasteiger charge is -2.49. The molecule has 3 aliphatic heterocycles. The van der Waals surface area contributed by atoms with E-state index in [1.54, 1.807) is 42.5 Å². The minimum absolute atomic E-state index is 0.0609. The average Bonchev–Trinajstić information content (AvgIpc) is 3.48. The molecule has 0 unspecified atom stereocenters. The zero-order valence-corrected chi connectivity index (χ0v) is 22.5. The third kappa shape index (κ3) is 3.55. The number of halogens is 4. The molecule has 0 saturated carbocycles. The van der Waals surface area contributed by atoms with Gasteiger partial charge in [0.05, 0.1) is 43.9 Å². The van der Waals surface area contributed by atoms with E-state index in [1.807, 2.05) is 6.92 Å². The van der Waals surface area contributed by atoms with Crippen molar-refractivity contribution in [3.8, 4) is 17.2 Å². The summed E-state index contributed by atoms with van der Waals surface area (Å²) >= 11 is 24.9. The van der Waals surface area contributed by atoms with Crippen molar-refractivity contribution in [3.05, 3.63) is 79.2 Å². The van der Waals surface area contributed by atoms with E-state index in [9.17, 15) is 14.4 Å². The van der Waals surface area contributed by atoms with Crippen LogP contribution in [0, 0.1) is 0 Å². The molecule has 0 spiro atoms. The first-order valence-electron chi connectivity index (χ1n) is 11.4. The fourth-order valence-corrected chi connectivity index (χ4v) is 5.94. The van der Waals surface area contributed by atoms with Crippen molar-refractivity contribution in [2.75, 3.05) is 18.3 Å². The minimum atomic E-state index is -1.20. The van der Waals surface area contributed by atoms with Crippen LogP contribution in [0.5, 0.6) is 17.2 Å². The molecule has 3 amide bonds. The molecule has 0 aromatic heterocycles. The number of hydrogen-bond donors (Lipinski definition) is 0. The molecule has 8 nitrogen and oxygen atoms in total. The summed E-state index contributed by atoms with van der Waals surface area (Å²) in [6.45, 7) is 2.42. The van der Waals surface area contributed by atoms with Gasteiger partial charge in [-0.15, -0.1) is 0 Å². The van der Waals surface area contributed by atoms with E-state index in [0.717, 1.165) is 4.90 Å². The minimum Gasteiger partial charge on any atom is -0.494 e. The highest BCUT2D eigenvalue weighted by atomic mass is 35.5. The highest BCUT2D eigenvalue weighted by Crippen LogP contribution is 2.50. The number of anilines is 1. The Morgan fingerprint density at radius 2 is 1.39 bits per heavy atom. The Labute approximate surface area is 236 Å². The summed E-state index contributed by atoms with van der Waals surface area (Å²) in [5.41, 5.74) is 0.800. The van der Waals surface area contributed by atoms with Gasteiger partial charge in [0.25, 0.3) is 17.7 Å².